The van der Waals surface area contributed by atoms with E-state index in [2.05, 4.69) is 11.8 Å². The molecule has 0 heterocycles. The lowest BCUT2D eigenvalue weighted by Gasteiger charge is -2.20. The van der Waals surface area contributed by atoms with Crippen LogP contribution in [-0.2, 0) is 0 Å². The first-order chi connectivity index (χ1) is 8.86. The van der Waals surface area contributed by atoms with Gasteiger partial charge in [0.25, 0.3) is 0 Å². The van der Waals surface area contributed by atoms with E-state index in [1.807, 2.05) is 30.3 Å². The second-order valence-electron chi connectivity index (χ2n) is 4.43. The van der Waals surface area contributed by atoms with Crippen LogP contribution < -0.4 is 4.74 Å². The molecule has 0 saturated carbocycles. The van der Waals surface area contributed by atoms with Gasteiger partial charge in [0.05, 0.1) is 13.2 Å². The van der Waals surface area contributed by atoms with Crippen molar-refractivity contribution in [2.45, 2.75) is 26.2 Å². The van der Waals surface area contributed by atoms with Gasteiger partial charge in [0.2, 0.25) is 0 Å². The molecule has 1 rings (SSSR count). The van der Waals surface area contributed by atoms with Gasteiger partial charge in [-0.3, -0.25) is 0 Å². The number of benzene rings is 1. The van der Waals surface area contributed by atoms with Crippen molar-refractivity contribution in [3.05, 3.63) is 30.3 Å². The molecule has 18 heavy (non-hydrogen) atoms. The summed E-state index contributed by atoms with van der Waals surface area (Å²) in [5.41, 5.74) is 0. The molecule has 0 unspecified atom stereocenters. The van der Waals surface area contributed by atoms with E-state index in [-0.39, 0.29) is 6.61 Å². The maximum absolute atomic E-state index is 9.00. The van der Waals surface area contributed by atoms with Gasteiger partial charge in [-0.15, -0.1) is 0 Å². The summed E-state index contributed by atoms with van der Waals surface area (Å²) in [5.74, 6) is 0.930. The van der Waals surface area contributed by atoms with Gasteiger partial charge in [-0.25, -0.2) is 0 Å². The molecule has 3 nitrogen and oxygen atoms in total. The van der Waals surface area contributed by atoms with Crippen molar-refractivity contribution in [2.75, 3.05) is 32.8 Å². The normalized spacial score (nSPS) is 10.8. The van der Waals surface area contributed by atoms with E-state index >= 15 is 0 Å². The van der Waals surface area contributed by atoms with Crippen LogP contribution >= 0.6 is 0 Å². The fourth-order valence-corrected chi connectivity index (χ4v) is 1.85. The van der Waals surface area contributed by atoms with E-state index in [4.69, 9.17) is 9.84 Å². The Kier molecular flexibility index (Phi) is 8.26. The summed E-state index contributed by atoms with van der Waals surface area (Å²) in [6.07, 6.45) is 3.39. The Morgan fingerprint density at radius 2 is 1.78 bits per heavy atom. The monoisotopic (exact) mass is 251 g/mol. The third-order valence-electron chi connectivity index (χ3n) is 2.87. The number of aliphatic hydroxyl groups excluding tert-OH is 1. The summed E-state index contributed by atoms with van der Waals surface area (Å²) < 4.78 is 5.65. The summed E-state index contributed by atoms with van der Waals surface area (Å²) in [7, 11) is 0. The minimum absolute atomic E-state index is 0.239. The van der Waals surface area contributed by atoms with E-state index in [0.29, 0.717) is 0 Å². The summed E-state index contributed by atoms with van der Waals surface area (Å²) in [6, 6.07) is 9.90. The third kappa shape index (κ3) is 6.62. The van der Waals surface area contributed by atoms with Gasteiger partial charge in [-0.1, -0.05) is 31.5 Å². The molecular formula is C15H25NO2. The largest absolute Gasteiger partial charge is 0.494 e. The zero-order chi connectivity index (χ0) is 13.1. The zero-order valence-electron chi connectivity index (χ0n) is 11.3. The van der Waals surface area contributed by atoms with Crippen molar-refractivity contribution in [1.82, 2.24) is 4.90 Å². The number of unbranched alkanes of at least 4 members (excludes halogenated alkanes) is 1. The predicted molar refractivity (Wildman–Crippen MR) is 75.0 cm³/mol. The molecule has 0 aliphatic carbocycles. The van der Waals surface area contributed by atoms with E-state index in [0.717, 1.165) is 38.4 Å². The number of para-hydroxylation sites is 1. The molecular weight excluding hydrogens is 226 g/mol. The van der Waals surface area contributed by atoms with Crippen LogP contribution in [0.4, 0.5) is 0 Å². The molecule has 0 amide bonds. The van der Waals surface area contributed by atoms with Crippen LogP contribution in [0, 0.1) is 0 Å². The van der Waals surface area contributed by atoms with Gasteiger partial charge < -0.3 is 14.7 Å². The smallest absolute Gasteiger partial charge is 0.119 e. The molecule has 0 bridgehead atoms. The summed E-state index contributed by atoms with van der Waals surface area (Å²) in [4.78, 5) is 2.30. The number of ether oxygens (including phenoxy) is 1. The Balaban J connectivity index is 2.14. The fraction of sp³-hybridized carbons (Fsp3) is 0.600. The number of hydrogen-bond donors (Lipinski definition) is 1. The molecule has 0 radical (unpaired) electrons. The highest BCUT2D eigenvalue weighted by Gasteiger charge is 2.03. The van der Waals surface area contributed by atoms with E-state index in [1.54, 1.807) is 0 Å². The van der Waals surface area contributed by atoms with Crippen molar-refractivity contribution in [1.29, 1.82) is 0 Å². The summed E-state index contributed by atoms with van der Waals surface area (Å²) in [6.45, 7) is 6.00. The Labute approximate surface area is 110 Å². The highest BCUT2D eigenvalue weighted by molar-refractivity contribution is 5.20. The van der Waals surface area contributed by atoms with Gasteiger partial charge in [-0.05, 0) is 31.5 Å². The molecule has 102 valence electrons. The Morgan fingerprint density at radius 3 is 2.44 bits per heavy atom. The molecule has 1 aromatic rings. The van der Waals surface area contributed by atoms with Crippen molar-refractivity contribution in [3.63, 3.8) is 0 Å². The Hall–Kier alpha value is -1.06. The minimum atomic E-state index is 0.239. The molecule has 0 saturated heterocycles. The van der Waals surface area contributed by atoms with Crippen molar-refractivity contribution < 1.29 is 9.84 Å². The SMILES string of the molecule is CCCCN(CCO)CCCOc1ccccc1. The lowest BCUT2D eigenvalue weighted by molar-refractivity contribution is 0.181. The maximum atomic E-state index is 9.00. The first-order valence-corrected chi connectivity index (χ1v) is 6.88. The van der Waals surface area contributed by atoms with Crippen LogP contribution in [0.3, 0.4) is 0 Å². The number of nitrogens with zero attached hydrogens (tertiary/aromatic N) is 1. The zero-order valence-corrected chi connectivity index (χ0v) is 11.3. The van der Waals surface area contributed by atoms with E-state index < -0.39 is 0 Å². The molecule has 0 aliphatic rings. The molecule has 0 aliphatic heterocycles. The lowest BCUT2D eigenvalue weighted by atomic mass is 10.3. The summed E-state index contributed by atoms with van der Waals surface area (Å²) >= 11 is 0. The molecule has 0 aromatic heterocycles. The van der Waals surface area contributed by atoms with Crippen molar-refractivity contribution >= 4 is 0 Å². The fourth-order valence-electron chi connectivity index (χ4n) is 1.85. The van der Waals surface area contributed by atoms with Crippen LogP contribution in [-0.4, -0.2) is 42.9 Å². The number of hydrogen-bond acceptors (Lipinski definition) is 3. The van der Waals surface area contributed by atoms with Gasteiger partial charge in [0.15, 0.2) is 0 Å². The lowest BCUT2D eigenvalue weighted by Crippen LogP contribution is -2.29. The molecule has 0 atom stereocenters. The highest BCUT2D eigenvalue weighted by Crippen LogP contribution is 2.08. The molecule has 3 heteroatoms. The number of aliphatic hydroxyl groups is 1. The second kappa shape index (κ2) is 9.92. The molecule has 0 spiro atoms. The molecule has 1 aromatic carbocycles. The van der Waals surface area contributed by atoms with Crippen LogP contribution in [0.15, 0.2) is 30.3 Å². The first-order valence-electron chi connectivity index (χ1n) is 6.88. The quantitative estimate of drug-likeness (QED) is 0.649. The Morgan fingerprint density at radius 1 is 1.06 bits per heavy atom. The molecule has 1 N–H and O–H groups in total. The van der Waals surface area contributed by atoms with Crippen LogP contribution in [0.25, 0.3) is 0 Å². The van der Waals surface area contributed by atoms with Crippen LogP contribution in [0.2, 0.25) is 0 Å². The van der Waals surface area contributed by atoms with Gasteiger partial charge >= 0.3 is 0 Å². The molecule has 0 fully saturated rings. The minimum Gasteiger partial charge on any atom is -0.494 e. The highest BCUT2D eigenvalue weighted by atomic mass is 16.5. The average Bonchev–Trinajstić information content (AvgIpc) is 2.42. The topological polar surface area (TPSA) is 32.7 Å². The van der Waals surface area contributed by atoms with Crippen molar-refractivity contribution in [3.8, 4) is 5.75 Å². The van der Waals surface area contributed by atoms with Crippen LogP contribution in [0.1, 0.15) is 26.2 Å². The Bertz CT molecular complexity index is 290. The van der Waals surface area contributed by atoms with Gasteiger partial charge in [0.1, 0.15) is 5.75 Å². The van der Waals surface area contributed by atoms with Crippen LogP contribution in [0.5, 0.6) is 5.75 Å². The predicted octanol–water partition coefficient (Wildman–Crippen LogP) is 2.55. The first kappa shape index (κ1) is 15.0. The average molecular weight is 251 g/mol. The van der Waals surface area contributed by atoms with Gasteiger partial charge in [0, 0.05) is 13.1 Å². The standard InChI is InChI=1S/C15H25NO2/c1-2-3-10-16(12-13-17)11-7-14-18-15-8-5-4-6-9-15/h4-6,8-9,17H,2-3,7,10-14H2,1H3. The second-order valence-corrected chi connectivity index (χ2v) is 4.43. The maximum Gasteiger partial charge on any atom is 0.119 e. The number of rotatable bonds is 10. The van der Waals surface area contributed by atoms with Crippen molar-refractivity contribution in [2.24, 2.45) is 0 Å². The van der Waals surface area contributed by atoms with E-state index in [1.165, 1.54) is 12.8 Å². The third-order valence-corrected chi connectivity index (χ3v) is 2.87. The van der Waals surface area contributed by atoms with Gasteiger partial charge in [-0.2, -0.15) is 0 Å². The van der Waals surface area contributed by atoms with E-state index in [9.17, 15) is 0 Å². The summed E-state index contributed by atoms with van der Waals surface area (Å²) in [5, 5.41) is 9.00.